The highest BCUT2D eigenvalue weighted by Gasteiger charge is 2.50. The summed E-state index contributed by atoms with van der Waals surface area (Å²) < 4.78 is 11.0. The van der Waals surface area contributed by atoms with Crippen LogP contribution in [0.2, 0.25) is 0 Å². The molecule has 6 nitrogen and oxygen atoms in total. The van der Waals surface area contributed by atoms with Crippen molar-refractivity contribution in [2.75, 3.05) is 65.7 Å². The maximum atomic E-state index is 13.3. The molecule has 1 aromatic carbocycles. The van der Waals surface area contributed by atoms with Gasteiger partial charge in [0, 0.05) is 57.9 Å². The van der Waals surface area contributed by atoms with E-state index < -0.39 is 0 Å². The molecular formula is C23H33N3O3. The molecule has 0 saturated carbocycles. The molecule has 0 bridgehead atoms. The van der Waals surface area contributed by atoms with Gasteiger partial charge in [0.1, 0.15) is 0 Å². The van der Waals surface area contributed by atoms with Crippen LogP contribution in [-0.2, 0) is 14.3 Å². The summed E-state index contributed by atoms with van der Waals surface area (Å²) in [6.07, 6.45) is 2.30. The maximum absolute atomic E-state index is 13.3. The number of hydrogen-bond donors (Lipinski definition) is 0. The predicted octanol–water partition coefficient (Wildman–Crippen LogP) is 1.63. The Balaban J connectivity index is 1.32. The Bertz CT molecular complexity index is 688. The molecule has 4 heterocycles. The van der Waals surface area contributed by atoms with Gasteiger partial charge in [-0.15, -0.1) is 0 Å². The molecule has 4 fully saturated rings. The van der Waals surface area contributed by atoms with Crippen molar-refractivity contribution in [3.8, 4) is 0 Å². The van der Waals surface area contributed by atoms with Crippen LogP contribution in [-0.4, -0.2) is 92.3 Å². The first-order valence-electron chi connectivity index (χ1n) is 11.3. The third kappa shape index (κ3) is 4.08. The second kappa shape index (κ2) is 8.72. The molecule has 4 aliphatic rings. The van der Waals surface area contributed by atoms with Crippen LogP contribution in [0.3, 0.4) is 0 Å². The van der Waals surface area contributed by atoms with Crippen molar-refractivity contribution >= 4 is 5.91 Å². The van der Waals surface area contributed by atoms with Crippen LogP contribution < -0.4 is 0 Å². The molecule has 3 atom stereocenters. The van der Waals surface area contributed by atoms with Crippen molar-refractivity contribution in [1.29, 1.82) is 0 Å². The molecule has 0 unspecified atom stereocenters. The highest BCUT2D eigenvalue weighted by Crippen LogP contribution is 2.46. The van der Waals surface area contributed by atoms with Gasteiger partial charge in [-0.2, -0.15) is 0 Å². The summed E-state index contributed by atoms with van der Waals surface area (Å²) in [5.41, 5.74) is 1.30. The molecule has 4 saturated heterocycles. The summed E-state index contributed by atoms with van der Waals surface area (Å²) in [4.78, 5) is 20.5. The molecule has 0 aliphatic carbocycles. The van der Waals surface area contributed by atoms with Gasteiger partial charge in [0.05, 0.1) is 25.8 Å². The smallest absolute Gasteiger partial charge is 0.237 e. The number of likely N-dealkylation sites (tertiary alicyclic amines) is 2. The van der Waals surface area contributed by atoms with Crippen LogP contribution in [0.25, 0.3) is 0 Å². The fraction of sp³-hybridized carbons (Fsp3) is 0.696. The van der Waals surface area contributed by atoms with Gasteiger partial charge in [-0.3, -0.25) is 14.6 Å². The third-order valence-electron chi connectivity index (χ3n) is 7.32. The zero-order chi connectivity index (χ0) is 19.6. The fourth-order valence-electron chi connectivity index (χ4n) is 5.80. The van der Waals surface area contributed by atoms with Crippen molar-refractivity contribution in [1.82, 2.24) is 14.7 Å². The van der Waals surface area contributed by atoms with Crippen LogP contribution in [0.4, 0.5) is 0 Å². The van der Waals surface area contributed by atoms with Crippen LogP contribution >= 0.6 is 0 Å². The second-order valence-corrected chi connectivity index (χ2v) is 9.01. The number of nitrogens with zero attached hydrogens (tertiary/aromatic N) is 3. The van der Waals surface area contributed by atoms with Crippen LogP contribution in [0.15, 0.2) is 30.3 Å². The van der Waals surface area contributed by atoms with E-state index in [9.17, 15) is 4.79 Å². The number of hydrogen-bond acceptors (Lipinski definition) is 5. The van der Waals surface area contributed by atoms with Crippen LogP contribution in [0.1, 0.15) is 24.4 Å². The summed E-state index contributed by atoms with van der Waals surface area (Å²) in [7, 11) is 0. The Labute approximate surface area is 173 Å². The lowest BCUT2D eigenvalue weighted by molar-refractivity contribution is -0.135. The maximum Gasteiger partial charge on any atom is 0.237 e. The zero-order valence-electron chi connectivity index (χ0n) is 17.2. The van der Waals surface area contributed by atoms with Gasteiger partial charge in [-0.25, -0.2) is 0 Å². The number of amides is 1. The standard InChI is InChI=1S/C23H33N3O3/c27-22(17-24-8-12-29-13-9-24)26-15-19-14-25(20-6-10-28-11-7-20)16-21(19)23(26)18-4-2-1-3-5-18/h1-5,19-21,23H,6-17H2/t19-,21-,23+/m0/s1. The van der Waals surface area contributed by atoms with Crippen molar-refractivity contribution < 1.29 is 14.3 Å². The molecule has 1 aromatic rings. The lowest BCUT2D eigenvalue weighted by Gasteiger charge is -2.35. The van der Waals surface area contributed by atoms with E-state index in [1.165, 1.54) is 5.56 Å². The molecule has 1 amide bonds. The monoisotopic (exact) mass is 399 g/mol. The fourth-order valence-corrected chi connectivity index (χ4v) is 5.80. The van der Waals surface area contributed by atoms with Gasteiger partial charge in [-0.05, 0) is 24.3 Å². The third-order valence-corrected chi connectivity index (χ3v) is 7.32. The van der Waals surface area contributed by atoms with Gasteiger partial charge >= 0.3 is 0 Å². The van der Waals surface area contributed by atoms with E-state index in [1.807, 2.05) is 0 Å². The zero-order valence-corrected chi connectivity index (χ0v) is 17.2. The van der Waals surface area contributed by atoms with E-state index in [-0.39, 0.29) is 11.9 Å². The van der Waals surface area contributed by atoms with Gasteiger partial charge in [0.2, 0.25) is 5.91 Å². The van der Waals surface area contributed by atoms with Gasteiger partial charge in [0.15, 0.2) is 0 Å². The number of carbonyl (C=O) groups excluding carboxylic acids is 1. The summed E-state index contributed by atoms with van der Waals surface area (Å²) in [5, 5.41) is 0. The molecular weight excluding hydrogens is 366 g/mol. The van der Waals surface area contributed by atoms with E-state index in [0.717, 1.165) is 72.0 Å². The molecule has 5 rings (SSSR count). The lowest BCUT2D eigenvalue weighted by atomic mass is 9.89. The number of ether oxygens (including phenoxy) is 2. The SMILES string of the molecule is O=C(CN1CCOCC1)N1C[C@@H]2CN(C3CCOCC3)C[C@@H]2[C@H]1c1ccccc1. The highest BCUT2D eigenvalue weighted by atomic mass is 16.5. The number of benzene rings is 1. The Hall–Kier alpha value is -1.47. The van der Waals surface area contributed by atoms with E-state index in [0.29, 0.717) is 24.4 Å². The minimum atomic E-state index is 0.208. The number of carbonyl (C=O) groups is 1. The van der Waals surface area contributed by atoms with E-state index in [2.05, 4.69) is 45.0 Å². The normalized spacial score (nSPS) is 31.9. The molecule has 0 aromatic heterocycles. The Morgan fingerprint density at radius 1 is 0.931 bits per heavy atom. The molecule has 0 N–H and O–H groups in total. The van der Waals surface area contributed by atoms with E-state index in [1.54, 1.807) is 0 Å². The molecule has 29 heavy (non-hydrogen) atoms. The largest absolute Gasteiger partial charge is 0.381 e. The van der Waals surface area contributed by atoms with Crippen LogP contribution in [0.5, 0.6) is 0 Å². The van der Waals surface area contributed by atoms with Gasteiger partial charge in [-0.1, -0.05) is 30.3 Å². The number of rotatable bonds is 4. The minimum absolute atomic E-state index is 0.208. The lowest BCUT2D eigenvalue weighted by Crippen LogP contribution is -2.46. The van der Waals surface area contributed by atoms with Gasteiger partial charge in [0.25, 0.3) is 0 Å². The van der Waals surface area contributed by atoms with E-state index >= 15 is 0 Å². The van der Waals surface area contributed by atoms with Gasteiger partial charge < -0.3 is 14.4 Å². The summed E-state index contributed by atoms with van der Waals surface area (Å²) in [6, 6.07) is 11.6. The molecule has 4 aliphatic heterocycles. The summed E-state index contributed by atoms with van der Waals surface area (Å²) >= 11 is 0. The second-order valence-electron chi connectivity index (χ2n) is 9.01. The highest BCUT2D eigenvalue weighted by molar-refractivity contribution is 5.79. The number of fused-ring (bicyclic) bond motifs is 1. The average Bonchev–Trinajstić information content (AvgIpc) is 3.34. The molecule has 158 valence electrons. The van der Waals surface area contributed by atoms with Crippen molar-refractivity contribution in [3.63, 3.8) is 0 Å². The molecule has 0 radical (unpaired) electrons. The summed E-state index contributed by atoms with van der Waals surface area (Å²) in [5.74, 6) is 1.40. The number of morpholine rings is 1. The van der Waals surface area contributed by atoms with E-state index in [4.69, 9.17) is 9.47 Å². The first-order chi connectivity index (χ1) is 14.3. The first kappa shape index (κ1) is 19.5. The van der Waals surface area contributed by atoms with Crippen LogP contribution in [0, 0.1) is 11.8 Å². The predicted molar refractivity (Wildman–Crippen MR) is 111 cm³/mol. The minimum Gasteiger partial charge on any atom is -0.381 e. The Kier molecular flexibility index (Phi) is 5.86. The molecule has 6 heteroatoms. The average molecular weight is 400 g/mol. The van der Waals surface area contributed by atoms with Crippen molar-refractivity contribution in [2.45, 2.75) is 24.9 Å². The Morgan fingerprint density at radius 3 is 2.41 bits per heavy atom. The Morgan fingerprint density at radius 2 is 1.66 bits per heavy atom. The quantitative estimate of drug-likeness (QED) is 0.770. The topological polar surface area (TPSA) is 45.2 Å². The van der Waals surface area contributed by atoms with Crippen molar-refractivity contribution in [3.05, 3.63) is 35.9 Å². The van der Waals surface area contributed by atoms with Crippen molar-refractivity contribution in [2.24, 2.45) is 11.8 Å². The first-order valence-corrected chi connectivity index (χ1v) is 11.3. The molecule has 0 spiro atoms. The summed E-state index contributed by atoms with van der Waals surface area (Å²) in [6.45, 7) is 8.63.